The van der Waals surface area contributed by atoms with E-state index < -0.39 is 0 Å². The molecule has 1 aromatic carbocycles. The summed E-state index contributed by atoms with van der Waals surface area (Å²) < 4.78 is 4.62. The van der Waals surface area contributed by atoms with Gasteiger partial charge in [-0.05, 0) is 42.4 Å². The first kappa shape index (κ1) is 12.1. The molecular formula is C14H19NO2. The number of carbonyl (C=O) groups excluding carboxylic acids is 1. The molecule has 92 valence electrons. The van der Waals surface area contributed by atoms with Crippen molar-refractivity contribution in [2.75, 3.05) is 7.11 Å². The van der Waals surface area contributed by atoms with Gasteiger partial charge in [0.05, 0.1) is 7.11 Å². The van der Waals surface area contributed by atoms with Crippen LogP contribution in [0.4, 0.5) is 0 Å². The van der Waals surface area contributed by atoms with Gasteiger partial charge >= 0.3 is 5.97 Å². The van der Waals surface area contributed by atoms with Gasteiger partial charge in [0, 0.05) is 12.5 Å². The number of aryl methyl sites for hydroxylation is 1. The fourth-order valence-corrected chi connectivity index (χ4v) is 2.40. The summed E-state index contributed by atoms with van der Waals surface area (Å²) in [4.78, 5) is 11.0. The maximum atomic E-state index is 11.0. The van der Waals surface area contributed by atoms with Crippen molar-refractivity contribution in [3.8, 4) is 0 Å². The minimum Gasteiger partial charge on any atom is -0.469 e. The van der Waals surface area contributed by atoms with Crippen LogP contribution in [0.1, 0.15) is 29.5 Å². The number of esters is 1. The highest BCUT2D eigenvalue weighted by molar-refractivity contribution is 5.69. The minimum atomic E-state index is -0.131. The molecule has 0 amide bonds. The van der Waals surface area contributed by atoms with Crippen LogP contribution in [0.25, 0.3) is 0 Å². The lowest BCUT2D eigenvalue weighted by molar-refractivity contribution is -0.140. The monoisotopic (exact) mass is 233 g/mol. The van der Waals surface area contributed by atoms with Gasteiger partial charge in [-0.2, -0.15) is 0 Å². The molecule has 2 N–H and O–H groups in total. The first-order valence-corrected chi connectivity index (χ1v) is 6.12. The van der Waals surface area contributed by atoms with Crippen LogP contribution in [0.3, 0.4) is 0 Å². The Labute approximate surface area is 102 Å². The Kier molecular flexibility index (Phi) is 3.79. The zero-order chi connectivity index (χ0) is 12.3. The second kappa shape index (κ2) is 5.32. The summed E-state index contributed by atoms with van der Waals surface area (Å²) in [6.45, 7) is 0. The summed E-state index contributed by atoms with van der Waals surface area (Å²) in [6.07, 6.45) is 4.25. The summed E-state index contributed by atoms with van der Waals surface area (Å²) in [7, 11) is 1.43. The van der Waals surface area contributed by atoms with Gasteiger partial charge in [-0.1, -0.05) is 18.2 Å². The van der Waals surface area contributed by atoms with Crippen molar-refractivity contribution in [3.63, 3.8) is 0 Å². The first-order chi connectivity index (χ1) is 8.19. The second-order valence-electron chi connectivity index (χ2n) is 4.70. The molecule has 1 aliphatic carbocycles. The molecule has 1 aliphatic rings. The Morgan fingerprint density at radius 1 is 1.41 bits per heavy atom. The summed E-state index contributed by atoms with van der Waals surface area (Å²) in [5.74, 6) is -0.131. The van der Waals surface area contributed by atoms with Crippen LogP contribution < -0.4 is 5.73 Å². The van der Waals surface area contributed by atoms with E-state index in [1.54, 1.807) is 0 Å². The molecular weight excluding hydrogens is 214 g/mol. The average Bonchev–Trinajstić information content (AvgIpc) is 2.68. The Balaban J connectivity index is 1.90. The van der Waals surface area contributed by atoms with E-state index in [1.807, 2.05) is 0 Å². The number of rotatable bonds is 4. The third kappa shape index (κ3) is 3.07. The van der Waals surface area contributed by atoms with Crippen molar-refractivity contribution in [2.45, 2.75) is 38.1 Å². The fourth-order valence-electron chi connectivity index (χ4n) is 2.40. The van der Waals surface area contributed by atoms with Crippen molar-refractivity contribution in [3.05, 3.63) is 34.9 Å². The first-order valence-electron chi connectivity index (χ1n) is 6.12. The molecule has 0 aliphatic heterocycles. The Morgan fingerprint density at radius 2 is 2.18 bits per heavy atom. The predicted octanol–water partition coefficient (Wildman–Crippen LogP) is 1.61. The van der Waals surface area contributed by atoms with E-state index in [-0.39, 0.29) is 12.0 Å². The van der Waals surface area contributed by atoms with Crippen molar-refractivity contribution < 1.29 is 9.53 Å². The highest BCUT2D eigenvalue weighted by atomic mass is 16.5. The van der Waals surface area contributed by atoms with E-state index in [0.717, 1.165) is 25.7 Å². The lowest BCUT2D eigenvalue weighted by atomic mass is 10.0. The fraction of sp³-hybridized carbons (Fsp3) is 0.500. The van der Waals surface area contributed by atoms with E-state index in [4.69, 9.17) is 5.73 Å². The molecule has 3 nitrogen and oxygen atoms in total. The van der Waals surface area contributed by atoms with Crippen LogP contribution in [0, 0.1) is 0 Å². The second-order valence-corrected chi connectivity index (χ2v) is 4.70. The van der Waals surface area contributed by atoms with E-state index in [0.29, 0.717) is 6.42 Å². The molecule has 3 heteroatoms. The maximum absolute atomic E-state index is 11.0. The van der Waals surface area contributed by atoms with Crippen molar-refractivity contribution in [1.29, 1.82) is 0 Å². The number of fused-ring (bicyclic) bond motifs is 1. The number of ether oxygens (including phenoxy) is 1. The van der Waals surface area contributed by atoms with Gasteiger partial charge in [0.15, 0.2) is 0 Å². The SMILES string of the molecule is COC(=O)CCCc1ccc2c(c1)CC(N)C2. The average molecular weight is 233 g/mol. The van der Waals surface area contributed by atoms with Crippen LogP contribution in [0.5, 0.6) is 0 Å². The third-order valence-electron chi connectivity index (χ3n) is 3.31. The van der Waals surface area contributed by atoms with Gasteiger partial charge in [-0.15, -0.1) is 0 Å². The van der Waals surface area contributed by atoms with E-state index >= 15 is 0 Å². The highest BCUT2D eigenvalue weighted by Gasteiger charge is 2.17. The number of nitrogens with two attached hydrogens (primary N) is 1. The van der Waals surface area contributed by atoms with Crippen molar-refractivity contribution in [2.24, 2.45) is 5.73 Å². The summed E-state index contributed by atoms with van der Waals surface area (Å²) >= 11 is 0. The molecule has 0 aromatic heterocycles. The molecule has 1 aromatic rings. The molecule has 0 radical (unpaired) electrons. The Hall–Kier alpha value is -1.35. The molecule has 2 rings (SSSR count). The lowest BCUT2D eigenvalue weighted by Crippen LogP contribution is -2.18. The Morgan fingerprint density at radius 3 is 2.94 bits per heavy atom. The van der Waals surface area contributed by atoms with Gasteiger partial charge in [-0.25, -0.2) is 0 Å². The van der Waals surface area contributed by atoms with E-state index in [9.17, 15) is 4.79 Å². The number of benzene rings is 1. The molecule has 1 atom stereocenters. The molecule has 0 heterocycles. The van der Waals surface area contributed by atoms with Crippen LogP contribution in [-0.2, 0) is 28.8 Å². The van der Waals surface area contributed by atoms with E-state index in [2.05, 4.69) is 22.9 Å². The molecule has 0 saturated heterocycles. The summed E-state index contributed by atoms with van der Waals surface area (Å²) in [5, 5.41) is 0. The predicted molar refractivity (Wildman–Crippen MR) is 66.8 cm³/mol. The zero-order valence-electron chi connectivity index (χ0n) is 10.2. The van der Waals surface area contributed by atoms with E-state index in [1.165, 1.54) is 23.8 Å². The van der Waals surface area contributed by atoms with Gasteiger partial charge in [0.25, 0.3) is 0 Å². The molecule has 0 spiro atoms. The number of methoxy groups -OCH3 is 1. The smallest absolute Gasteiger partial charge is 0.305 e. The zero-order valence-corrected chi connectivity index (χ0v) is 10.2. The summed E-state index contributed by atoms with van der Waals surface area (Å²) in [5.41, 5.74) is 9.99. The van der Waals surface area contributed by atoms with Gasteiger partial charge in [0.1, 0.15) is 0 Å². The number of hydrogen-bond donors (Lipinski definition) is 1. The van der Waals surface area contributed by atoms with Crippen LogP contribution in [0.15, 0.2) is 18.2 Å². The van der Waals surface area contributed by atoms with Gasteiger partial charge < -0.3 is 10.5 Å². The minimum absolute atomic E-state index is 0.131. The van der Waals surface area contributed by atoms with Crippen LogP contribution in [-0.4, -0.2) is 19.1 Å². The van der Waals surface area contributed by atoms with Crippen LogP contribution >= 0.6 is 0 Å². The molecule has 0 bridgehead atoms. The van der Waals surface area contributed by atoms with Gasteiger partial charge in [0.2, 0.25) is 0 Å². The van der Waals surface area contributed by atoms with Crippen molar-refractivity contribution >= 4 is 5.97 Å². The molecule has 0 fully saturated rings. The normalized spacial score (nSPS) is 17.9. The lowest BCUT2D eigenvalue weighted by Gasteiger charge is -2.04. The largest absolute Gasteiger partial charge is 0.469 e. The maximum Gasteiger partial charge on any atom is 0.305 e. The number of hydrogen-bond acceptors (Lipinski definition) is 3. The van der Waals surface area contributed by atoms with Crippen molar-refractivity contribution in [1.82, 2.24) is 0 Å². The quantitative estimate of drug-likeness (QED) is 0.804. The summed E-state index contributed by atoms with van der Waals surface area (Å²) in [6, 6.07) is 6.85. The molecule has 0 saturated carbocycles. The number of carbonyl (C=O) groups is 1. The van der Waals surface area contributed by atoms with Gasteiger partial charge in [-0.3, -0.25) is 4.79 Å². The molecule has 1 unspecified atom stereocenters. The standard InChI is InChI=1S/C14H19NO2/c1-17-14(16)4-2-3-10-5-6-11-8-13(15)9-12(11)7-10/h5-7,13H,2-4,8-9,15H2,1H3. The Bertz CT molecular complexity index is 415. The van der Waals surface area contributed by atoms with Crippen LogP contribution in [0.2, 0.25) is 0 Å². The molecule has 17 heavy (non-hydrogen) atoms. The topological polar surface area (TPSA) is 52.3 Å². The highest BCUT2D eigenvalue weighted by Crippen LogP contribution is 2.23. The third-order valence-corrected chi connectivity index (χ3v) is 3.31.